The van der Waals surface area contributed by atoms with Gasteiger partial charge in [-0.15, -0.1) is 0 Å². The number of fused-ring (bicyclic) bond motifs is 1. The first-order chi connectivity index (χ1) is 24.8. The second-order valence-corrected chi connectivity index (χ2v) is 16.5. The van der Waals surface area contributed by atoms with E-state index < -0.39 is 72.4 Å². The Morgan fingerprint density at radius 1 is 0.981 bits per heavy atom. The highest BCUT2D eigenvalue weighted by Gasteiger charge is 2.54. The van der Waals surface area contributed by atoms with E-state index in [9.17, 15) is 29.4 Å². The minimum absolute atomic E-state index is 0.174. The summed E-state index contributed by atoms with van der Waals surface area (Å²) in [6.07, 6.45) is 5.32. The second-order valence-electron chi connectivity index (χ2n) is 16.5. The van der Waals surface area contributed by atoms with Crippen LogP contribution in [0, 0.1) is 23.2 Å². The molecule has 3 saturated carbocycles. The predicted molar refractivity (Wildman–Crippen MR) is 195 cm³/mol. The molecule has 1 aliphatic heterocycles. The molecule has 2 N–H and O–H groups in total. The lowest BCUT2D eigenvalue weighted by Crippen LogP contribution is -2.63. The summed E-state index contributed by atoms with van der Waals surface area (Å²) in [5, 5.41) is 21.3. The molecule has 1 heterocycles. The van der Waals surface area contributed by atoms with E-state index in [0.717, 1.165) is 57.9 Å². The minimum atomic E-state index is -1.37. The zero-order chi connectivity index (χ0) is 39.2. The van der Waals surface area contributed by atoms with Crippen molar-refractivity contribution >= 4 is 23.9 Å². The normalized spacial score (nSPS) is 35.4. The maximum atomic E-state index is 12.3. The van der Waals surface area contributed by atoms with Crippen molar-refractivity contribution in [3.8, 4) is 0 Å². The zero-order valence-electron chi connectivity index (χ0n) is 32.9. The molecule has 12 nitrogen and oxygen atoms in total. The summed E-state index contributed by atoms with van der Waals surface area (Å²) in [5.41, 5.74) is 2.44. The molecular weight excluding hydrogens is 684 g/mol. The van der Waals surface area contributed by atoms with Crippen LogP contribution in [0.15, 0.2) is 35.5 Å². The molecule has 1 saturated heterocycles. The molecule has 4 fully saturated rings. The average molecular weight is 747 g/mol. The Labute approximate surface area is 314 Å². The number of carbonyl (C=O) groups is 4. The van der Waals surface area contributed by atoms with E-state index in [1.165, 1.54) is 32.3 Å². The van der Waals surface area contributed by atoms with Crippen LogP contribution in [0.4, 0.5) is 0 Å². The van der Waals surface area contributed by atoms with Crippen LogP contribution in [0.3, 0.4) is 0 Å². The number of aliphatic hydroxyl groups excluding tert-OH is 1. The highest BCUT2D eigenvalue weighted by Crippen LogP contribution is 2.60. The Kier molecular flexibility index (Phi) is 14.5. The van der Waals surface area contributed by atoms with Gasteiger partial charge in [-0.3, -0.25) is 19.2 Å². The molecule has 0 aromatic carbocycles. The Morgan fingerprint density at radius 2 is 1.62 bits per heavy atom. The zero-order valence-corrected chi connectivity index (χ0v) is 32.9. The topological polar surface area (TPSA) is 164 Å². The second kappa shape index (κ2) is 18.0. The van der Waals surface area contributed by atoms with Gasteiger partial charge in [-0.25, -0.2) is 0 Å². The van der Waals surface area contributed by atoms with Gasteiger partial charge in [-0.2, -0.15) is 0 Å². The van der Waals surface area contributed by atoms with Gasteiger partial charge in [0, 0.05) is 34.1 Å². The average Bonchev–Trinajstić information content (AvgIpc) is 3.40. The van der Waals surface area contributed by atoms with Gasteiger partial charge >= 0.3 is 23.9 Å². The predicted octanol–water partition coefficient (Wildman–Crippen LogP) is 5.81. The fraction of sp³-hybridized carbons (Fsp3) is 0.756. The summed E-state index contributed by atoms with van der Waals surface area (Å²) in [6, 6.07) is 0. The highest BCUT2D eigenvalue weighted by molar-refractivity contribution is 5.68. The molecule has 4 aliphatic rings. The number of rotatable bonds is 13. The van der Waals surface area contributed by atoms with Crippen molar-refractivity contribution in [1.82, 2.24) is 0 Å². The molecule has 0 spiro atoms. The molecule has 11 atom stereocenters. The fourth-order valence-electron chi connectivity index (χ4n) is 9.32. The summed E-state index contributed by atoms with van der Waals surface area (Å²) in [6.45, 7) is 17.3. The first-order valence-corrected chi connectivity index (χ1v) is 19.2. The van der Waals surface area contributed by atoms with E-state index in [1.54, 1.807) is 0 Å². The van der Waals surface area contributed by atoms with Crippen molar-refractivity contribution < 1.29 is 57.8 Å². The molecule has 0 unspecified atom stereocenters. The molecule has 0 bridgehead atoms. The lowest BCUT2D eigenvalue weighted by atomic mass is 9.60. The quantitative estimate of drug-likeness (QED) is 0.172. The summed E-state index contributed by atoms with van der Waals surface area (Å²) in [5.74, 6) is -1.13. The van der Waals surface area contributed by atoms with Crippen molar-refractivity contribution in [2.75, 3.05) is 6.61 Å². The monoisotopic (exact) mass is 746 g/mol. The summed E-state index contributed by atoms with van der Waals surface area (Å²) in [7, 11) is 0. The number of esters is 4. The van der Waals surface area contributed by atoms with Crippen LogP contribution in [0.1, 0.15) is 120 Å². The smallest absolute Gasteiger partial charge is 0.303 e. The van der Waals surface area contributed by atoms with Crippen LogP contribution in [-0.4, -0.2) is 89.2 Å². The summed E-state index contributed by atoms with van der Waals surface area (Å²) >= 11 is 0. The molecular formula is C41H62O12. The highest BCUT2D eigenvalue weighted by atomic mass is 16.7. The Bertz CT molecular complexity index is 1410. The number of hydrogen-bond donors (Lipinski definition) is 2. The van der Waals surface area contributed by atoms with E-state index in [0.29, 0.717) is 29.7 Å². The third-order valence-electron chi connectivity index (χ3n) is 11.7. The Hall–Kier alpha value is -3.06. The van der Waals surface area contributed by atoms with E-state index in [1.807, 2.05) is 13.8 Å². The SMILES string of the molecule is C=C1/C(=C\C=C2/CCC[C@]3(C)[C@@H]([C@H](C)CCCC(C)(C)O)CC[C@@H]23)C[C@@H](O)C[C@@H]1O[C@@H]1O[C@H](COC(C)=O)[C@@H](OC(C)=O)[C@H](OC(C)=O)[C@H]1OC(C)=O. The van der Waals surface area contributed by atoms with Crippen molar-refractivity contribution in [3.05, 3.63) is 35.5 Å². The van der Waals surface area contributed by atoms with E-state index in [-0.39, 0.29) is 18.4 Å². The van der Waals surface area contributed by atoms with E-state index >= 15 is 0 Å². The third-order valence-corrected chi connectivity index (χ3v) is 11.7. The van der Waals surface area contributed by atoms with Gasteiger partial charge in [0.15, 0.2) is 24.6 Å². The molecule has 0 radical (unpaired) electrons. The first kappa shape index (κ1) is 42.7. The molecule has 0 aromatic rings. The molecule has 53 heavy (non-hydrogen) atoms. The van der Waals surface area contributed by atoms with Crippen LogP contribution in [0.25, 0.3) is 0 Å². The Morgan fingerprint density at radius 3 is 2.25 bits per heavy atom. The summed E-state index contributed by atoms with van der Waals surface area (Å²) < 4.78 is 34.4. The number of carbonyl (C=O) groups excluding carboxylic acids is 4. The maximum Gasteiger partial charge on any atom is 0.303 e. The number of aliphatic hydroxyl groups is 2. The maximum absolute atomic E-state index is 12.3. The molecule has 3 aliphatic carbocycles. The lowest BCUT2D eigenvalue weighted by molar-refractivity contribution is -0.315. The summed E-state index contributed by atoms with van der Waals surface area (Å²) in [4.78, 5) is 48.4. The fourth-order valence-corrected chi connectivity index (χ4v) is 9.32. The molecule has 4 rings (SSSR count). The largest absolute Gasteiger partial charge is 0.463 e. The van der Waals surface area contributed by atoms with Crippen LogP contribution in [-0.2, 0) is 47.6 Å². The van der Waals surface area contributed by atoms with E-state index in [4.69, 9.17) is 28.4 Å². The van der Waals surface area contributed by atoms with Gasteiger partial charge in [0.1, 0.15) is 12.7 Å². The number of ether oxygens (including phenoxy) is 6. The number of allylic oxidation sites excluding steroid dienone is 3. The standard InChI is InChI=1S/C41H62O12/c1-23(12-10-18-40(7,8)47)32-16-17-33-29(13-11-19-41(32,33)9)14-15-30-20-31(46)21-34(24(30)2)52-39-38(51-28(6)45)37(50-27(5)44)36(49-26(4)43)35(53-39)22-48-25(3)42/h14-15,23,31-39,46-47H,2,10-13,16-22H2,1,3-9H3/b29-14+,30-15-/t23-,31-,32-,33+,34+,35-,36-,37+,38-,39-,41-/m1/s1. The van der Waals surface area contributed by atoms with Gasteiger partial charge in [0.25, 0.3) is 0 Å². The van der Waals surface area contributed by atoms with Crippen LogP contribution in [0.5, 0.6) is 0 Å². The third kappa shape index (κ3) is 11.2. The van der Waals surface area contributed by atoms with E-state index in [2.05, 4.69) is 32.6 Å². The van der Waals surface area contributed by atoms with Gasteiger partial charge < -0.3 is 38.6 Å². The van der Waals surface area contributed by atoms with Gasteiger partial charge in [0.2, 0.25) is 0 Å². The van der Waals surface area contributed by atoms with Crippen LogP contribution in [0.2, 0.25) is 0 Å². The van der Waals surface area contributed by atoms with Crippen molar-refractivity contribution in [2.45, 2.75) is 168 Å². The molecule has 298 valence electrons. The van der Waals surface area contributed by atoms with Crippen molar-refractivity contribution in [3.63, 3.8) is 0 Å². The van der Waals surface area contributed by atoms with Crippen LogP contribution >= 0.6 is 0 Å². The lowest BCUT2D eigenvalue weighted by Gasteiger charge is -2.45. The molecule has 0 aromatic heterocycles. The first-order valence-electron chi connectivity index (χ1n) is 19.2. The van der Waals surface area contributed by atoms with Gasteiger partial charge in [-0.05, 0) is 93.1 Å². The van der Waals surface area contributed by atoms with Gasteiger partial charge in [0.05, 0.1) is 17.8 Å². The minimum Gasteiger partial charge on any atom is -0.463 e. The van der Waals surface area contributed by atoms with Crippen LogP contribution < -0.4 is 0 Å². The molecule has 12 heteroatoms. The molecule has 0 amide bonds. The van der Waals surface area contributed by atoms with Crippen molar-refractivity contribution in [2.24, 2.45) is 23.2 Å². The number of hydrogen-bond acceptors (Lipinski definition) is 12. The van der Waals surface area contributed by atoms with Gasteiger partial charge in [-0.1, -0.05) is 51.0 Å². The van der Waals surface area contributed by atoms with Crippen molar-refractivity contribution in [1.29, 1.82) is 0 Å². The Balaban J connectivity index is 1.56.